The summed E-state index contributed by atoms with van der Waals surface area (Å²) in [6.07, 6.45) is 5.24. The molecule has 0 bridgehead atoms. The zero-order valence-corrected chi connectivity index (χ0v) is 24.0. The number of nitrogens with one attached hydrogen (secondary N) is 2. The maximum absolute atomic E-state index is 15.3. The third-order valence-corrected chi connectivity index (χ3v) is 7.19. The van der Waals surface area contributed by atoms with Crippen LogP contribution in [-0.2, 0) is 21.6 Å². The average molecular weight is 544 g/mol. The van der Waals surface area contributed by atoms with Crippen molar-refractivity contribution < 1.29 is 23.8 Å². The number of aliphatic hydroxyl groups is 1. The summed E-state index contributed by atoms with van der Waals surface area (Å²) in [5.41, 5.74) is 1.46. The number of benzene rings is 2. The van der Waals surface area contributed by atoms with Crippen molar-refractivity contribution in [3.8, 4) is 11.1 Å². The average Bonchev–Trinajstić information content (AvgIpc) is 2.95. The van der Waals surface area contributed by atoms with Gasteiger partial charge in [-0.3, -0.25) is 4.79 Å². The van der Waals surface area contributed by atoms with E-state index in [4.69, 9.17) is 0 Å². The number of carbonyl (C=O) groups excluding carboxylic acids is 2. The summed E-state index contributed by atoms with van der Waals surface area (Å²) in [5, 5.41) is 17.8. The summed E-state index contributed by atoms with van der Waals surface area (Å²) in [5.74, 6) is -0.256. The Morgan fingerprint density at radius 3 is 2.49 bits per heavy atom. The van der Waals surface area contributed by atoms with Crippen molar-refractivity contribution in [2.24, 2.45) is 0 Å². The van der Waals surface area contributed by atoms with Gasteiger partial charge >= 0.3 is 6.09 Å². The van der Waals surface area contributed by atoms with Crippen LogP contribution in [0.4, 0.5) is 9.18 Å². The van der Waals surface area contributed by atoms with Gasteiger partial charge in [-0.2, -0.15) is 0 Å². The number of ether oxygens (including phenoxy) is 1. The predicted octanol–water partition coefficient (Wildman–Crippen LogP) is 5.40. The lowest BCUT2D eigenvalue weighted by Crippen LogP contribution is -2.31. The highest BCUT2D eigenvalue weighted by Crippen LogP contribution is 2.40. The lowest BCUT2D eigenvalue weighted by molar-refractivity contribution is -0.130. The zero-order valence-electron chi connectivity index (χ0n) is 24.0. The molecule has 0 aromatic heterocycles. The fraction of sp³-hybridized carbons (Fsp3) is 0.548. The smallest absolute Gasteiger partial charge is 0.406 e. The van der Waals surface area contributed by atoms with Crippen LogP contribution in [0.2, 0.25) is 0 Å². The molecule has 0 spiro atoms. The molecule has 2 rings (SSSR count). The highest BCUT2D eigenvalue weighted by molar-refractivity contribution is 5.75. The summed E-state index contributed by atoms with van der Waals surface area (Å²) < 4.78 is 20.0. The number of unbranched alkanes of at least 4 members (excludes halogenated alkanes) is 2. The van der Waals surface area contributed by atoms with E-state index in [-0.39, 0.29) is 11.7 Å². The van der Waals surface area contributed by atoms with Crippen molar-refractivity contribution in [3.63, 3.8) is 0 Å². The van der Waals surface area contributed by atoms with E-state index in [0.717, 1.165) is 43.4 Å². The van der Waals surface area contributed by atoms with Gasteiger partial charge in [0.25, 0.3) is 0 Å². The van der Waals surface area contributed by atoms with Crippen molar-refractivity contribution >= 4 is 12.0 Å². The monoisotopic (exact) mass is 543 g/mol. The second kappa shape index (κ2) is 16.9. The topological polar surface area (TPSA) is 90.9 Å². The molecule has 216 valence electrons. The lowest BCUT2D eigenvalue weighted by atomic mass is 9.80. The molecule has 8 heteroatoms. The molecule has 0 heterocycles. The molecule has 0 fully saturated rings. The van der Waals surface area contributed by atoms with E-state index in [1.54, 1.807) is 17.0 Å². The van der Waals surface area contributed by atoms with Gasteiger partial charge in [0.15, 0.2) is 0 Å². The number of hydrogen-bond acceptors (Lipinski definition) is 5. The Morgan fingerprint density at radius 1 is 1.03 bits per heavy atom. The Hall–Kier alpha value is -2.97. The zero-order chi connectivity index (χ0) is 28.7. The van der Waals surface area contributed by atoms with Crippen molar-refractivity contribution in [2.45, 2.75) is 70.3 Å². The first-order chi connectivity index (χ1) is 18.8. The summed E-state index contributed by atoms with van der Waals surface area (Å²) >= 11 is 0. The van der Waals surface area contributed by atoms with Crippen molar-refractivity contribution in [1.29, 1.82) is 0 Å². The molecule has 0 aliphatic carbocycles. The molecule has 3 N–H and O–H groups in total. The first-order valence-electron chi connectivity index (χ1n) is 14.1. The van der Waals surface area contributed by atoms with Crippen LogP contribution < -0.4 is 10.6 Å². The Morgan fingerprint density at radius 2 is 1.77 bits per heavy atom. The molecule has 1 atom stereocenters. The van der Waals surface area contributed by atoms with Gasteiger partial charge in [-0.25, -0.2) is 9.18 Å². The van der Waals surface area contributed by atoms with Crippen molar-refractivity contribution in [3.05, 3.63) is 59.4 Å². The minimum atomic E-state index is -1.31. The highest BCUT2D eigenvalue weighted by Gasteiger charge is 2.32. The van der Waals surface area contributed by atoms with Crippen LogP contribution in [0, 0.1) is 5.82 Å². The molecule has 0 aliphatic heterocycles. The number of carbonyl (C=O) groups is 2. The number of alkyl carbamates (subject to hydrolysis) is 1. The third kappa shape index (κ3) is 10.3. The standard InChI is InChI=1S/C31H46FN3O4/c1-5-24-13-10-14-25(23-24)29-26(15-11-16-27(29)32)31(38,19-12-21-34-30(37)39-4)18-7-9-22-35(3)28(36)17-6-8-20-33-2/h10-11,13-16,23,33,38H,5-9,12,17-22H2,1-4H3,(H,34,37). The van der Waals surface area contributed by atoms with E-state index in [1.807, 2.05) is 38.4 Å². The number of amides is 2. The Bertz CT molecular complexity index is 1050. The van der Waals surface area contributed by atoms with Gasteiger partial charge in [0.2, 0.25) is 5.91 Å². The van der Waals surface area contributed by atoms with Gasteiger partial charge in [0.1, 0.15) is 5.82 Å². The summed E-state index contributed by atoms with van der Waals surface area (Å²) in [6, 6.07) is 12.6. The minimum absolute atomic E-state index is 0.124. The van der Waals surface area contributed by atoms with Gasteiger partial charge in [0, 0.05) is 32.1 Å². The molecule has 1 unspecified atom stereocenters. The van der Waals surface area contributed by atoms with Crippen LogP contribution in [0.3, 0.4) is 0 Å². The van der Waals surface area contributed by atoms with E-state index in [9.17, 15) is 14.7 Å². The van der Waals surface area contributed by atoms with Crippen LogP contribution in [-0.4, -0.2) is 62.8 Å². The van der Waals surface area contributed by atoms with E-state index in [2.05, 4.69) is 22.3 Å². The quantitative estimate of drug-likeness (QED) is 0.233. The number of rotatable bonds is 17. The van der Waals surface area contributed by atoms with E-state index in [1.165, 1.54) is 13.2 Å². The largest absolute Gasteiger partial charge is 0.453 e. The number of hydrogen-bond donors (Lipinski definition) is 3. The van der Waals surface area contributed by atoms with Crippen LogP contribution in [0.5, 0.6) is 0 Å². The molecular formula is C31H46FN3O4. The Balaban J connectivity index is 2.19. The molecular weight excluding hydrogens is 497 g/mol. The van der Waals surface area contributed by atoms with Gasteiger partial charge in [-0.05, 0) is 87.7 Å². The fourth-order valence-corrected chi connectivity index (χ4v) is 4.85. The molecule has 2 aromatic carbocycles. The van der Waals surface area contributed by atoms with Gasteiger partial charge in [0.05, 0.1) is 12.7 Å². The normalized spacial score (nSPS) is 12.6. The maximum Gasteiger partial charge on any atom is 0.406 e. The van der Waals surface area contributed by atoms with Crippen LogP contribution in [0.15, 0.2) is 42.5 Å². The number of nitrogens with zero attached hydrogens (tertiary/aromatic N) is 1. The summed E-state index contributed by atoms with van der Waals surface area (Å²) in [6.45, 7) is 3.88. The van der Waals surface area contributed by atoms with Crippen LogP contribution in [0.25, 0.3) is 11.1 Å². The molecule has 7 nitrogen and oxygen atoms in total. The Labute approximate surface area is 233 Å². The number of aryl methyl sites for hydroxylation is 1. The van der Waals surface area contributed by atoms with Crippen molar-refractivity contribution in [2.75, 3.05) is 40.8 Å². The van der Waals surface area contributed by atoms with E-state index < -0.39 is 11.7 Å². The van der Waals surface area contributed by atoms with Gasteiger partial charge < -0.3 is 25.4 Å². The van der Waals surface area contributed by atoms with Gasteiger partial charge in [-0.15, -0.1) is 0 Å². The van der Waals surface area contributed by atoms with Crippen molar-refractivity contribution in [1.82, 2.24) is 15.5 Å². The first kappa shape index (κ1) is 32.2. The predicted molar refractivity (Wildman–Crippen MR) is 154 cm³/mol. The first-order valence-corrected chi connectivity index (χ1v) is 14.1. The fourth-order valence-electron chi connectivity index (χ4n) is 4.85. The van der Waals surface area contributed by atoms with Gasteiger partial charge in [-0.1, -0.05) is 43.3 Å². The second-order valence-corrected chi connectivity index (χ2v) is 10.1. The summed E-state index contributed by atoms with van der Waals surface area (Å²) in [4.78, 5) is 25.7. The molecule has 0 aliphatic rings. The minimum Gasteiger partial charge on any atom is -0.453 e. The van der Waals surface area contributed by atoms with E-state index in [0.29, 0.717) is 56.3 Å². The summed E-state index contributed by atoms with van der Waals surface area (Å²) in [7, 11) is 5.02. The number of halogens is 1. The third-order valence-electron chi connectivity index (χ3n) is 7.19. The molecule has 2 aromatic rings. The van der Waals surface area contributed by atoms with Crippen LogP contribution >= 0.6 is 0 Å². The number of methoxy groups -OCH3 is 1. The maximum atomic E-state index is 15.3. The molecule has 0 radical (unpaired) electrons. The molecule has 0 saturated heterocycles. The molecule has 0 saturated carbocycles. The molecule has 39 heavy (non-hydrogen) atoms. The van der Waals surface area contributed by atoms with E-state index >= 15 is 4.39 Å². The SMILES string of the molecule is CCc1cccc(-c2c(F)cccc2C(O)(CCCCN(C)C(=O)CCCCNC)CCCNC(=O)OC)c1. The molecule has 2 amide bonds. The highest BCUT2D eigenvalue weighted by atomic mass is 19.1. The van der Waals surface area contributed by atoms with Crippen LogP contribution in [0.1, 0.15) is 69.4 Å². The Kier molecular flexibility index (Phi) is 14.0. The lowest BCUT2D eigenvalue weighted by Gasteiger charge is -2.32. The second-order valence-electron chi connectivity index (χ2n) is 10.1.